The van der Waals surface area contributed by atoms with Gasteiger partial charge in [0.2, 0.25) is 5.91 Å². The van der Waals surface area contributed by atoms with Crippen LogP contribution in [0.25, 0.3) is 17.1 Å². The molecule has 0 bridgehead atoms. The minimum atomic E-state index is -1.67. The molecule has 0 aliphatic rings. The largest absolute Gasteiger partial charge is 0.323 e. The van der Waals surface area contributed by atoms with Gasteiger partial charge in [-0.05, 0) is 43.3 Å². The quantitative estimate of drug-likeness (QED) is 0.225. The monoisotopic (exact) mass is 472 g/mol. The Morgan fingerprint density at radius 1 is 0.879 bits per heavy atom. The molecule has 1 N–H and O–H groups in total. The number of para-hydroxylation sites is 1. The fraction of sp³-hybridized carbons (Fsp3) is 0.0870. The minimum absolute atomic E-state index is 0.224. The molecule has 10 heteroatoms. The fourth-order valence-electron chi connectivity index (χ4n) is 3.04. The van der Waals surface area contributed by atoms with Gasteiger partial charge in [0.05, 0.1) is 16.5 Å². The summed E-state index contributed by atoms with van der Waals surface area (Å²) in [6.07, 6.45) is 0. The van der Waals surface area contributed by atoms with Crippen LogP contribution in [0, 0.1) is 23.3 Å². The molecule has 0 spiro atoms. The van der Waals surface area contributed by atoms with E-state index in [-0.39, 0.29) is 16.5 Å². The average Bonchev–Trinajstić information content (AvgIpc) is 3.23. The number of carbonyl (C=O) groups excluding carboxylic acids is 1. The highest BCUT2D eigenvalue weighted by atomic mass is 32.2. The lowest BCUT2D eigenvalue weighted by molar-refractivity contribution is -0.115. The summed E-state index contributed by atoms with van der Waals surface area (Å²) < 4.78 is 56.6. The third-order valence-electron chi connectivity index (χ3n) is 4.71. The van der Waals surface area contributed by atoms with E-state index in [9.17, 15) is 22.4 Å². The molecule has 0 aliphatic carbocycles. The Hall–Kier alpha value is -3.66. The van der Waals surface area contributed by atoms with Gasteiger partial charge in [-0.15, -0.1) is 10.2 Å². The van der Waals surface area contributed by atoms with E-state index < -0.39 is 40.1 Å². The molecule has 4 aromatic rings. The number of carbonyl (C=O) groups is 1. The number of aromatic nitrogens is 3. The number of thioether (sulfide) groups is 1. The van der Waals surface area contributed by atoms with Gasteiger partial charge >= 0.3 is 0 Å². The first-order chi connectivity index (χ1) is 15.9. The lowest BCUT2D eigenvalue weighted by atomic mass is 10.2. The zero-order valence-corrected chi connectivity index (χ0v) is 17.9. The lowest BCUT2D eigenvalue weighted by Crippen LogP contribution is -2.23. The predicted octanol–water partition coefficient (Wildman–Crippen LogP) is 5.61. The first-order valence-corrected chi connectivity index (χ1v) is 10.6. The minimum Gasteiger partial charge on any atom is -0.323 e. The molecule has 5 nitrogen and oxygen atoms in total. The number of nitrogens with one attached hydrogen (secondary N) is 1. The van der Waals surface area contributed by atoms with E-state index >= 15 is 0 Å². The van der Waals surface area contributed by atoms with Crippen LogP contribution in [0.15, 0.2) is 71.9 Å². The molecule has 0 saturated carbocycles. The maximum atomic E-state index is 14.5. The van der Waals surface area contributed by atoms with Gasteiger partial charge in [-0.3, -0.25) is 9.36 Å². The van der Waals surface area contributed by atoms with Crippen molar-refractivity contribution in [1.29, 1.82) is 0 Å². The zero-order valence-electron chi connectivity index (χ0n) is 17.1. The Morgan fingerprint density at radius 2 is 1.58 bits per heavy atom. The van der Waals surface area contributed by atoms with Crippen molar-refractivity contribution in [2.24, 2.45) is 0 Å². The topological polar surface area (TPSA) is 59.8 Å². The van der Waals surface area contributed by atoms with Crippen molar-refractivity contribution >= 4 is 23.4 Å². The normalized spacial score (nSPS) is 11.9. The van der Waals surface area contributed by atoms with Crippen LogP contribution in [0.5, 0.6) is 0 Å². The van der Waals surface area contributed by atoms with E-state index in [1.165, 1.54) is 13.0 Å². The number of benzene rings is 3. The first kappa shape index (κ1) is 22.5. The Morgan fingerprint density at radius 3 is 2.30 bits per heavy atom. The zero-order chi connectivity index (χ0) is 23.5. The maximum absolute atomic E-state index is 14.5. The standard InChI is InChI=1S/C23H16F4N4OS/c1-13(22(32)28-18-12-11-17(25)19(26)20(18)27)33-23-30-29-21(15-9-5-6-10-16(15)24)31(23)14-7-3-2-4-8-14/h2-13H,1H3,(H,28,32)/t13-/m0/s1. The van der Waals surface area contributed by atoms with Crippen LogP contribution in [0.1, 0.15) is 6.92 Å². The highest BCUT2D eigenvalue weighted by Crippen LogP contribution is 2.31. The molecule has 1 heterocycles. The Kier molecular flexibility index (Phi) is 6.45. The van der Waals surface area contributed by atoms with Gasteiger partial charge in [0.25, 0.3) is 0 Å². The second kappa shape index (κ2) is 9.45. The lowest BCUT2D eigenvalue weighted by Gasteiger charge is -2.14. The van der Waals surface area contributed by atoms with E-state index in [2.05, 4.69) is 15.5 Å². The fourth-order valence-corrected chi connectivity index (χ4v) is 3.91. The summed E-state index contributed by atoms with van der Waals surface area (Å²) in [4.78, 5) is 12.6. The number of halogens is 4. The molecule has 0 aliphatic heterocycles. The second-order valence-corrected chi connectivity index (χ2v) is 8.24. The van der Waals surface area contributed by atoms with Gasteiger partial charge in [-0.25, -0.2) is 17.6 Å². The summed E-state index contributed by atoms with van der Waals surface area (Å²) in [6.45, 7) is 1.53. The van der Waals surface area contributed by atoms with Gasteiger partial charge in [-0.2, -0.15) is 0 Å². The number of nitrogens with zero attached hydrogens (tertiary/aromatic N) is 3. The molecule has 0 fully saturated rings. The maximum Gasteiger partial charge on any atom is 0.237 e. The molecular formula is C23H16F4N4OS. The second-order valence-electron chi connectivity index (χ2n) is 6.93. The third kappa shape index (κ3) is 4.61. The summed E-state index contributed by atoms with van der Waals surface area (Å²) in [5.74, 6) is -5.44. The van der Waals surface area contributed by atoms with Crippen LogP contribution >= 0.6 is 11.8 Å². The Balaban J connectivity index is 1.65. The number of anilines is 1. The van der Waals surface area contributed by atoms with E-state index in [4.69, 9.17) is 0 Å². The van der Waals surface area contributed by atoms with Crippen molar-refractivity contribution in [3.8, 4) is 17.1 Å². The summed E-state index contributed by atoms with van der Waals surface area (Å²) in [6, 6.07) is 16.7. The molecule has 168 valence electrons. The predicted molar refractivity (Wildman–Crippen MR) is 117 cm³/mol. The van der Waals surface area contributed by atoms with Crippen LogP contribution in [0.2, 0.25) is 0 Å². The van der Waals surface area contributed by atoms with E-state index in [1.54, 1.807) is 47.0 Å². The molecule has 33 heavy (non-hydrogen) atoms. The summed E-state index contributed by atoms with van der Waals surface area (Å²) in [7, 11) is 0. The smallest absolute Gasteiger partial charge is 0.237 e. The van der Waals surface area contributed by atoms with Crippen molar-refractivity contribution in [2.75, 3.05) is 5.32 Å². The highest BCUT2D eigenvalue weighted by molar-refractivity contribution is 8.00. The molecule has 1 aromatic heterocycles. The van der Waals surface area contributed by atoms with Gasteiger partial charge in [0.15, 0.2) is 28.4 Å². The van der Waals surface area contributed by atoms with Crippen LogP contribution in [-0.2, 0) is 4.79 Å². The number of hydrogen-bond donors (Lipinski definition) is 1. The van der Waals surface area contributed by atoms with Crippen molar-refractivity contribution < 1.29 is 22.4 Å². The van der Waals surface area contributed by atoms with Gasteiger partial charge in [-0.1, -0.05) is 42.1 Å². The Labute approximate surface area is 190 Å². The van der Waals surface area contributed by atoms with Crippen LogP contribution in [0.3, 0.4) is 0 Å². The first-order valence-electron chi connectivity index (χ1n) is 9.73. The van der Waals surface area contributed by atoms with Crippen molar-refractivity contribution in [3.63, 3.8) is 0 Å². The molecule has 3 aromatic carbocycles. The van der Waals surface area contributed by atoms with Crippen molar-refractivity contribution in [2.45, 2.75) is 17.3 Å². The van der Waals surface area contributed by atoms with E-state index in [0.717, 1.165) is 23.9 Å². The SMILES string of the molecule is C[C@H](Sc1nnc(-c2ccccc2F)n1-c1ccccc1)C(=O)Nc1ccc(F)c(F)c1F. The summed E-state index contributed by atoms with van der Waals surface area (Å²) >= 11 is 0.992. The van der Waals surface area contributed by atoms with Crippen LogP contribution in [0.4, 0.5) is 23.2 Å². The Bertz CT molecular complexity index is 1310. The molecule has 1 amide bonds. The van der Waals surface area contributed by atoms with Gasteiger partial charge in [0, 0.05) is 5.69 Å². The van der Waals surface area contributed by atoms with Crippen molar-refractivity contribution in [1.82, 2.24) is 14.8 Å². The number of amides is 1. The van der Waals surface area contributed by atoms with Crippen LogP contribution in [-0.4, -0.2) is 25.9 Å². The molecule has 4 rings (SSSR count). The number of hydrogen-bond acceptors (Lipinski definition) is 4. The van der Waals surface area contributed by atoms with Crippen LogP contribution < -0.4 is 5.32 Å². The van der Waals surface area contributed by atoms with Gasteiger partial charge < -0.3 is 5.32 Å². The molecule has 0 saturated heterocycles. The molecule has 0 unspecified atom stereocenters. The highest BCUT2D eigenvalue weighted by Gasteiger charge is 2.24. The summed E-state index contributed by atoms with van der Waals surface area (Å²) in [5, 5.41) is 9.95. The van der Waals surface area contributed by atoms with E-state index in [1.807, 2.05) is 6.07 Å². The summed E-state index contributed by atoms with van der Waals surface area (Å²) in [5.41, 5.74) is 0.382. The van der Waals surface area contributed by atoms with E-state index in [0.29, 0.717) is 5.69 Å². The average molecular weight is 472 g/mol. The van der Waals surface area contributed by atoms with Gasteiger partial charge in [0.1, 0.15) is 5.82 Å². The third-order valence-corrected chi connectivity index (χ3v) is 5.75. The molecule has 1 atom stereocenters. The van der Waals surface area contributed by atoms with Crippen molar-refractivity contribution in [3.05, 3.63) is 90.0 Å². The molecule has 0 radical (unpaired) electrons. The number of rotatable bonds is 6. The molecular weight excluding hydrogens is 456 g/mol.